The van der Waals surface area contributed by atoms with Crippen molar-refractivity contribution >= 4 is 37.7 Å². The average molecular weight is 403 g/mol. The van der Waals surface area contributed by atoms with Crippen LogP contribution in [0.25, 0.3) is 16.5 Å². The summed E-state index contributed by atoms with van der Waals surface area (Å²) in [5, 5.41) is 3.39. The zero-order chi connectivity index (χ0) is 19.9. The number of hydrogen-bond acceptors (Lipinski definition) is 3. The Morgan fingerprint density at radius 1 is 1.36 bits per heavy atom. The second-order valence-corrected chi connectivity index (χ2v) is 7.93. The van der Waals surface area contributed by atoms with Crippen molar-refractivity contribution in [2.45, 2.75) is 24.9 Å². The lowest BCUT2D eigenvalue weighted by molar-refractivity contribution is 0.0326. The molecule has 0 spiro atoms. The van der Waals surface area contributed by atoms with Gasteiger partial charge in [-0.15, -0.1) is 0 Å². The molecule has 5 nitrogen and oxygen atoms in total. The topological polar surface area (TPSA) is 62.3 Å². The zero-order valence-electron chi connectivity index (χ0n) is 15.1. The van der Waals surface area contributed by atoms with E-state index in [-0.39, 0.29) is 5.91 Å². The van der Waals surface area contributed by atoms with Gasteiger partial charge in [0, 0.05) is 36.2 Å². The number of nitrogens with one attached hydrogen (secondary N) is 1. The molecule has 1 aromatic heterocycles. The highest BCUT2D eigenvalue weighted by atomic mass is 31.0. The van der Waals surface area contributed by atoms with Crippen LogP contribution in [0.5, 0.6) is 0 Å². The number of pyridine rings is 1. The number of halogens is 2. The number of allylic oxidation sites excluding steroid dienone is 2. The third-order valence-electron chi connectivity index (χ3n) is 5.36. The van der Waals surface area contributed by atoms with Gasteiger partial charge in [0.2, 0.25) is 0 Å². The summed E-state index contributed by atoms with van der Waals surface area (Å²) in [7, 11) is 1.64. The number of para-hydroxylation sites is 1. The van der Waals surface area contributed by atoms with E-state index >= 15 is 0 Å². The van der Waals surface area contributed by atoms with Crippen LogP contribution < -0.4 is 5.32 Å². The fourth-order valence-electron chi connectivity index (χ4n) is 3.79. The Kier molecular flexibility index (Phi) is 4.88. The lowest BCUT2D eigenvalue weighted by Gasteiger charge is -2.27. The summed E-state index contributed by atoms with van der Waals surface area (Å²) in [6.45, 7) is 0.782. The van der Waals surface area contributed by atoms with Crippen LogP contribution in [0.2, 0.25) is 0 Å². The fraction of sp³-hybridized carbons (Fsp3) is 0.350. The number of alkyl halides is 2. The fourth-order valence-corrected chi connectivity index (χ4v) is 4.09. The molecule has 0 radical (unpaired) electrons. The number of imide groups is 1. The maximum Gasteiger partial charge on any atom is 0.324 e. The third-order valence-corrected chi connectivity index (χ3v) is 5.83. The molecule has 4 rings (SSSR count). The van der Waals surface area contributed by atoms with Crippen molar-refractivity contribution in [3.8, 4) is 0 Å². The molecule has 2 unspecified atom stereocenters. The molecular weight excluding hydrogens is 383 g/mol. The van der Waals surface area contributed by atoms with Gasteiger partial charge in [0.1, 0.15) is 0 Å². The van der Waals surface area contributed by atoms with Crippen LogP contribution in [-0.2, 0) is 0 Å². The van der Waals surface area contributed by atoms with E-state index in [2.05, 4.69) is 10.3 Å². The van der Waals surface area contributed by atoms with Crippen LogP contribution in [0.15, 0.2) is 36.5 Å². The smallest absolute Gasteiger partial charge is 0.324 e. The van der Waals surface area contributed by atoms with E-state index in [1.54, 1.807) is 15.3 Å². The number of nitrogens with zero attached hydrogens (tertiary/aromatic N) is 2. The molecule has 1 N–H and O–H groups in total. The Hall–Kier alpha value is -2.40. The summed E-state index contributed by atoms with van der Waals surface area (Å²) in [4.78, 5) is 29.9. The SMILES string of the molecule is O=C1NCCN1C(=O)c1cnc2c(C3=CCC(C(F)(F)P)CC3)cccc2c1. The van der Waals surface area contributed by atoms with Crippen LogP contribution in [-0.4, -0.2) is 40.6 Å². The number of benzene rings is 1. The van der Waals surface area contributed by atoms with Crippen LogP contribution in [0.1, 0.15) is 35.2 Å². The van der Waals surface area contributed by atoms with E-state index < -0.39 is 17.6 Å². The van der Waals surface area contributed by atoms with E-state index in [1.807, 2.05) is 24.3 Å². The predicted molar refractivity (Wildman–Crippen MR) is 106 cm³/mol. The van der Waals surface area contributed by atoms with E-state index in [0.29, 0.717) is 37.9 Å². The first-order chi connectivity index (χ1) is 13.3. The van der Waals surface area contributed by atoms with Gasteiger partial charge >= 0.3 is 6.03 Å². The molecule has 1 saturated heterocycles. The first-order valence-corrected chi connectivity index (χ1v) is 9.77. The number of amides is 3. The monoisotopic (exact) mass is 403 g/mol. The van der Waals surface area contributed by atoms with Gasteiger partial charge < -0.3 is 5.32 Å². The largest absolute Gasteiger partial charge is 0.336 e. The van der Waals surface area contributed by atoms with Crippen molar-refractivity contribution in [2.75, 3.05) is 13.1 Å². The van der Waals surface area contributed by atoms with Crippen LogP contribution in [0.4, 0.5) is 13.6 Å². The van der Waals surface area contributed by atoms with Gasteiger partial charge in [-0.05, 0) is 30.9 Å². The maximum absolute atomic E-state index is 13.5. The Bertz CT molecular complexity index is 987. The molecule has 2 heterocycles. The van der Waals surface area contributed by atoms with Gasteiger partial charge in [0.25, 0.3) is 11.6 Å². The molecule has 1 aromatic carbocycles. The van der Waals surface area contributed by atoms with Crippen molar-refractivity contribution in [1.82, 2.24) is 15.2 Å². The molecule has 1 aliphatic carbocycles. The van der Waals surface area contributed by atoms with E-state index in [0.717, 1.165) is 22.0 Å². The minimum Gasteiger partial charge on any atom is -0.336 e. The van der Waals surface area contributed by atoms with Crippen molar-refractivity contribution < 1.29 is 18.4 Å². The van der Waals surface area contributed by atoms with E-state index in [9.17, 15) is 18.4 Å². The lowest BCUT2D eigenvalue weighted by Crippen LogP contribution is -2.34. The molecule has 146 valence electrons. The number of aromatic nitrogens is 1. The summed E-state index contributed by atoms with van der Waals surface area (Å²) in [5.74, 6) is -1.04. The Balaban J connectivity index is 1.64. The average Bonchev–Trinajstić information content (AvgIpc) is 3.12. The quantitative estimate of drug-likeness (QED) is 0.787. The van der Waals surface area contributed by atoms with Crippen molar-refractivity contribution in [3.63, 3.8) is 0 Å². The summed E-state index contributed by atoms with van der Waals surface area (Å²) < 4.78 is 27.0. The highest BCUT2D eigenvalue weighted by Crippen LogP contribution is 2.42. The molecule has 0 saturated carbocycles. The molecule has 1 aliphatic heterocycles. The highest BCUT2D eigenvalue weighted by Gasteiger charge is 2.35. The number of carbonyl (C=O) groups excluding carboxylic acids is 2. The number of urea groups is 1. The molecule has 3 amide bonds. The standard InChI is InChI=1S/C20H20F2N3O2P/c21-20(22,28)15-6-4-12(5-7-15)16-3-1-2-13-10-14(11-24-17(13)16)18(26)25-9-8-23-19(25)27/h1-4,10-11,15H,5-9,28H2,(H,23,27). The Morgan fingerprint density at radius 3 is 2.82 bits per heavy atom. The molecule has 2 aromatic rings. The van der Waals surface area contributed by atoms with Crippen molar-refractivity contribution in [3.05, 3.63) is 47.7 Å². The predicted octanol–water partition coefficient (Wildman–Crippen LogP) is 4.05. The second kappa shape index (κ2) is 7.21. The molecule has 2 atom stereocenters. The van der Waals surface area contributed by atoms with E-state index in [1.165, 1.54) is 11.1 Å². The highest BCUT2D eigenvalue weighted by molar-refractivity contribution is 7.18. The zero-order valence-corrected chi connectivity index (χ0v) is 16.3. The lowest BCUT2D eigenvalue weighted by atomic mass is 9.86. The molecule has 8 heteroatoms. The van der Waals surface area contributed by atoms with Gasteiger partial charge in [-0.25, -0.2) is 13.6 Å². The minimum absolute atomic E-state index is 0.322. The molecule has 2 aliphatic rings. The first kappa shape index (κ1) is 18.9. The van der Waals surface area contributed by atoms with Gasteiger partial charge in [-0.3, -0.25) is 14.7 Å². The number of carbonyl (C=O) groups is 2. The van der Waals surface area contributed by atoms with E-state index in [4.69, 9.17) is 0 Å². The van der Waals surface area contributed by atoms with Crippen molar-refractivity contribution in [1.29, 1.82) is 0 Å². The van der Waals surface area contributed by atoms with Gasteiger partial charge in [-0.1, -0.05) is 33.5 Å². The normalized spacial score (nSPS) is 20.2. The molecule has 28 heavy (non-hydrogen) atoms. The number of rotatable bonds is 3. The summed E-state index contributed by atoms with van der Waals surface area (Å²) in [6.07, 6.45) is 4.64. The van der Waals surface area contributed by atoms with Gasteiger partial charge in [0.05, 0.1) is 11.1 Å². The van der Waals surface area contributed by atoms with Gasteiger partial charge in [0.15, 0.2) is 0 Å². The summed E-state index contributed by atoms with van der Waals surface area (Å²) in [5.41, 5.74) is 0.229. The number of fused-ring (bicyclic) bond motifs is 1. The second-order valence-electron chi connectivity index (χ2n) is 7.17. The summed E-state index contributed by atoms with van der Waals surface area (Å²) in [6, 6.07) is 6.98. The summed E-state index contributed by atoms with van der Waals surface area (Å²) >= 11 is 0. The number of hydrogen-bond donors (Lipinski definition) is 1. The molecular formula is C20H20F2N3O2P. The molecule has 0 bridgehead atoms. The maximum atomic E-state index is 13.5. The van der Waals surface area contributed by atoms with Crippen molar-refractivity contribution in [2.24, 2.45) is 5.92 Å². The molecule has 1 fully saturated rings. The van der Waals surface area contributed by atoms with Crippen LogP contribution in [0.3, 0.4) is 0 Å². The van der Waals surface area contributed by atoms with Gasteiger partial charge in [-0.2, -0.15) is 0 Å². The van der Waals surface area contributed by atoms with Crippen LogP contribution in [0, 0.1) is 5.92 Å². The first-order valence-electron chi connectivity index (χ1n) is 9.19. The Morgan fingerprint density at radius 2 is 2.18 bits per heavy atom. The minimum atomic E-state index is -2.75. The van der Waals surface area contributed by atoms with Crippen LogP contribution >= 0.6 is 9.24 Å². The third kappa shape index (κ3) is 3.51. The Labute approximate surface area is 163 Å².